The topological polar surface area (TPSA) is 47.3 Å². The molecule has 3 aromatic heterocycles. The lowest BCUT2D eigenvalue weighted by molar-refractivity contribution is 0.571. The Hall–Kier alpha value is -5.87. The average Bonchev–Trinajstić information content (AvgIpc) is 3.80. The second-order valence-corrected chi connectivity index (χ2v) is 19.0. The van der Waals surface area contributed by atoms with Gasteiger partial charge in [0.15, 0.2) is 11.3 Å². The third-order valence-corrected chi connectivity index (χ3v) is 12.4. The van der Waals surface area contributed by atoms with E-state index in [9.17, 15) is 0 Å². The van der Waals surface area contributed by atoms with E-state index < -0.39 is 0 Å². The molecule has 0 saturated carbocycles. The van der Waals surface area contributed by atoms with Gasteiger partial charge in [-0.3, -0.25) is 4.79 Å². The number of aromatic nitrogens is 3. The van der Waals surface area contributed by atoms with Crippen LogP contribution in [-0.4, -0.2) is 14.4 Å². The first-order chi connectivity index (χ1) is 26.1. The number of rotatable bonds is 2. The lowest BCUT2D eigenvalue weighted by Crippen LogP contribution is -2.14. The Labute approximate surface area is 319 Å². The highest BCUT2D eigenvalue weighted by molar-refractivity contribution is 6.50. The monoisotopic (exact) mass is 713 g/mol. The van der Waals surface area contributed by atoms with Crippen LogP contribution in [0.5, 0.6) is 0 Å². The largest absolute Gasteiger partial charge is 0.268 e. The Bertz CT molecular complexity index is 3430. The normalized spacial score (nSPS) is 13.6. The summed E-state index contributed by atoms with van der Waals surface area (Å²) < 4.78 is 1.81. The van der Waals surface area contributed by atoms with Crippen molar-refractivity contribution >= 4 is 81.4 Å². The van der Waals surface area contributed by atoms with Gasteiger partial charge in [-0.05, 0) is 122 Å². The minimum Gasteiger partial charge on any atom is -0.268 e. The van der Waals surface area contributed by atoms with E-state index in [4.69, 9.17) is 9.97 Å². The van der Waals surface area contributed by atoms with Crippen molar-refractivity contribution in [3.63, 3.8) is 0 Å². The summed E-state index contributed by atoms with van der Waals surface area (Å²) in [6.45, 7) is 20.2. The lowest BCUT2D eigenvalue weighted by Gasteiger charge is -2.24. The number of benzene rings is 7. The molecule has 0 aliphatic rings. The summed E-state index contributed by atoms with van der Waals surface area (Å²) in [5.74, 6) is 0. The van der Waals surface area contributed by atoms with Gasteiger partial charge in [0, 0.05) is 16.5 Å². The van der Waals surface area contributed by atoms with E-state index in [0.29, 0.717) is 11.3 Å². The van der Waals surface area contributed by atoms with Gasteiger partial charge in [0.2, 0.25) is 0 Å². The number of fused-ring (bicyclic) bond motifs is 7. The molecule has 4 nitrogen and oxygen atoms in total. The summed E-state index contributed by atoms with van der Waals surface area (Å²) in [7, 11) is 0. The van der Waals surface area contributed by atoms with Gasteiger partial charge in [0.1, 0.15) is 5.52 Å². The number of pyridine rings is 1. The molecule has 0 N–H and O–H groups in total. The maximum absolute atomic E-state index is 15.4. The van der Waals surface area contributed by atoms with Crippen molar-refractivity contribution in [2.45, 2.75) is 78.6 Å². The van der Waals surface area contributed by atoms with Crippen molar-refractivity contribution in [1.82, 2.24) is 14.4 Å². The molecule has 0 saturated heterocycles. The number of hydrogen-bond acceptors (Lipinski definition) is 3. The highest BCUT2D eigenvalue weighted by atomic mass is 16.1. The average molecular weight is 714 g/mol. The van der Waals surface area contributed by atoms with Gasteiger partial charge in [-0.1, -0.05) is 135 Å². The molecule has 4 heteroatoms. The standard InChI is InChI=1S/C51H43N3O/c1-49(2,3)35-16-12-10-14-27(35)31-24-33-42-40-29(31)20-18-26-19-21-30-32(28-15-11-13-17-36(28)50(4,5)6)25-34(43(42)41(30)39(26)40)45-44(33)47-52-37-22-23-38(51(7,8)9)53-46(37)54(47)48(45)55/h10-25H,1-9H3. The molecule has 0 amide bonds. The molecule has 8 aromatic carbocycles. The Balaban J connectivity index is 1.44. The molecule has 0 fully saturated rings. The second kappa shape index (κ2) is 10.2. The van der Waals surface area contributed by atoms with Crippen LogP contribution in [0.25, 0.3) is 104 Å². The fourth-order valence-corrected chi connectivity index (χ4v) is 9.92. The quantitative estimate of drug-likeness (QED) is 0.168. The van der Waals surface area contributed by atoms with Crippen LogP contribution < -0.4 is 5.56 Å². The molecule has 0 atom stereocenters. The molecule has 268 valence electrons. The predicted molar refractivity (Wildman–Crippen MR) is 234 cm³/mol. The molecule has 0 unspecified atom stereocenters. The predicted octanol–water partition coefficient (Wildman–Crippen LogP) is 13.1. The molecule has 0 radical (unpaired) electrons. The van der Waals surface area contributed by atoms with E-state index in [1.807, 2.05) is 10.5 Å². The van der Waals surface area contributed by atoms with Crippen molar-refractivity contribution in [2.24, 2.45) is 0 Å². The smallest absolute Gasteiger partial charge is 0.266 e. The molecule has 0 bridgehead atoms. The van der Waals surface area contributed by atoms with E-state index >= 15 is 4.79 Å². The molecule has 0 aliphatic heterocycles. The van der Waals surface area contributed by atoms with Gasteiger partial charge in [0.25, 0.3) is 5.56 Å². The number of nitrogens with zero attached hydrogens (tertiary/aromatic N) is 3. The van der Waals surface area contributed by atoms with E-state index in [-0.39, 0.29) is 21.8 Å². The fourth-order valence-electron chi connectivity index (χ4n) is 9.92. The molecular formula is C51H43N3O. The Morgan fingerprint density at radius 1 is 0.436 bits per heavy atom. The Morgan fingerprint density at radius 3 is 1.47 bits per heavy atom. The fraction of sp³-hybridized carbons (Fsp3) is 0.235. The third kappa shape index (κ3) is 4.15. The van der Waals surface area contributed by atoms with Gasteiger partial charge in [-0.25, -0.2) is 14.4 Å². The molecule has 11 aromatic rings. The van der Waals surface area contributed by atoms with Crippen molar-refractivity contribution < 1.29 is 0 Å². The van der Waals surface area contributed by atoms with Crippen LogP contribution in [0.2, 0.25) is 0 Å². The summed E-state index contributed by atoms with van der Waals surface area (Å²) in [5, 5.41) is 13.6. The zero-order valence-electron chi connectivity index (χ0n) is 33.0. The number of imidazole rings is 1. The van der Waals surface area contributed by atoms with E-state index in [2.05, 4.69) is 153 Å². The van der Waals surface area contributed by atoms with Crippen LogP contribution in [0.15, 0.2) is 102 Å². The molecule has 0 spiro atoms. The van der Waals surface area contributed by atoms with E-state index in [1.165, 1.54) is 70.9 Å². The summed E-state index contributed by atoms with van der Waals surface area (Å²) in [6, 6.07) is 35.7. The van der Waals surface area contributed by atoms with Crippen LogP contribution in [0, 0.1) is 0 Å². The van der Waals surface area contributed by atoms with Gasteiger partial charge in [-0.15, -0.1) is 0 Å². The second-order valence-electron chi connectivity index (χ2n) is 19.0. The van der Waals surface area contributed by atoms with Crippen LogP contribution in [0.1, 0.15) is 79.1 Å². The van der Waals surface area contributed by atoms with Crippen molar-refractivity contribution in [3.05, 3.63) is 124 Å². The zero-order valence-corrected chi connectivity index (χ0v) is 33.0. The van der Waals surface area contributed by atoms with Crippen LogP contribution >= 0.6 is 0 Å². The van der Waals surface area contributed by atoms with Crippen molar-refractivity contribution in [1.29, 1.82) is 0 Å². The van der Waals surface area contributed by atoms with E-state index in [0.717, 1.165) is 38.3 Å². The molecule has 3 heterocycles. The SMILES string of the molecule is CC(C)(C)c1ccc2nc3c4c5cc(-c6ccccc6C(C)(C)C)c6ccc7ccc8c(-c9ccccc9C(C)(C)C)cc(c4c(=O)n3c2n1)c1c8c7c6c51. The van der Waals surface area contributed by atoms with Crippen LogP contribution in [-0.2, 0) is 16.2 Å². The Morgan fingerprint density at radius 2 is 0.945 bits per heavy atom. The van der Waals surface area contributed by atoms with Crippen LogP contribution in [0.4, 0.5) is 0 Å². The van der Waals surface area contributed by atoms with Crippen LogP contribution in [0.3, 0.4) is 0 Å². The van der Waals surface area contributed by atoms with Gasteiger partial charge < -0.3 is 0 Å². The van der Waals surface area contributed by atoms with Crippen molar-refractivity contribution in [2.75, 3.05) is 0 Å². The molecule has 0 aliphatic carbocycles. The zero-order chi connectivity index (χ0) is 38.1. The maximum atomic E-state index is 15.4. The molecule has 11 rings (SSSR count). The first-order valence-corrected chi connectivity index (χ1v) is 19.6. The van der Waals surface area contributed by atoms with Gasteiger partial charge >= 0.3 is 0 Å². The maximum Gasteiger partial charge on any atom is 0.266 e. The third-order valence-electron chi connectivity index (χ3n) is 12.4. The van der Waals surface area contributed by atoms with E-state index in [1.54, 1.807) is 0 Å². The molecule has 55 heavy (non-hydrogen) atoms. The summed E-state index contributed by atoms with van der Waals surface area (Å²) in [5.41, 5.74) is 9.96. The minimum absolute atomic E-state index is 0.0535. The van der Waals surface area contributed by atoms with Gasteiger partial charge in [-0.2, -0.15) is 0 Å². The summed E-state index contributed by atoms with van der Waals surface area (Å²) in [4.78, 5) is 25.8. The Kier molecular flexibility index (Phi) is 6.07. The lowest BCUT2D eigenvalue weighted by atomic mass is 9.80. The molecular weight excluding hydrogens is 671 g/mol. The first kappa shape index (κ1) is 32.6. The van der Waals surface area contributed by atoms with Crippen molar-refractivity contribution in [3.8, 4) is 22.3 Å². The first-order valence-electron chi connectivity index (χ1n) is 19.6. The summed E-state index contributed by atoms with van der Waals surface area (Å²) in [6.07, 6.45) is 0. The minimum atomic E-state index is -0.183. The number of hydrogen-bond donors (Lipinski definition) is 0. The highest BCUT2D eigenvalue weighted by Crippen LogP contribution is 2.55. The summed E-state index contributed by atoms with van der Waals surface area (Å²) >= 11 is 0. The van der Waals surface area contributed by atoms with Gasteiger partial charge in [0.05, 0.1) is 5.39 Å². The highest BCUT2D eigenvalue weighted by Gasteiger charge is 2.32.